The molecule has 9 heteroatoms. The first-order chi connectivity index (χ1) is 14.0. The van der Waals surface area contributed by atoms with Crippen LogP contribution in [-0.4, -0.2) is 29.3 Å². The van der Waals surface area contributed by atoms with E-state index < -0.39 is 40.7 Å². The summed E-state index contributed by atoms with van der Waals surface area (Å²) in [6.07, 6.45) is -5.33. The molecule has 0 saturated carbocycles. The molecule has 2 aromatic rings. The molecule has 1 aliphatic heterocycles. The molecule has 0 aliphatic carbocycles. The average molecular weight is 420 g/mol. The van der Waals surface area contributed by atoms with E-state index >= 15 is 0 Å². The minimum atomic E-state index is -5.33. The van der Waals surface area contributed by atoms with Crippen molar-refractivity contribution in [1.82, 2.24) is 5.32 Å². The zero-order valence-electron chi connectivity index (χ0n) is 15.9. The second kappa shape index (κ2) is 7.40. The number of carbonyl (C=O) groups excluding carboxylic acids is 3. The topological polar surface area (TPSA) is 66.5 Å². The lowest BCUT2D eigenvalue weighted by molar-refractivity contribution is -0.188. The second-order valence-corrected chi connectivity index (χ2v) is 6.70. The lowest BCUT2D eigenvalue weighted by Crippen LogP contribution is -2.66. The van der Waals surface area contributed by atoms with Gasteiger partial charge in [0, 0.05) is 23.9 Å². The third kappa shape index (κ3) is 3.26. The molecule has 30 heavy (non-hydrogen) atoms. The molecule has 1 unspecified atom stereocenters. The number of anilines is 1. The summed E-state index contributed by atoms with van der Waals surface area (Å²) in [5.41, 5.74) is -4.96. The first kappa shape index (κ1) is 21.2. The normalized spacial score (nSPS) is 19.3. The Hall–Kier alpha value is -3.49. The van der Waals surface area contributed by atoms with Crippen LogP contribution >= 0.6 is 0 Å². The molecule has 1 atom stereocenters. The molecular formula is C21H16F4N2O3. The van der Waals surface area contributed by atoms with Gasteiger partial charge >= 0.3 is 6.18 Å². The van der Waals surface area contributed by atoms with E-state index in [1.165, 1.54) is 31.2 Å². The van der Waals surface area contributed by atoms with Gasteiger partial charge in [0.05, 0.1) is 5.57 Å². The van der Waals surface area contributed by atoms with Gasteiger partial charge in [-0.2, -0.15) is 13.2 Å². The van der Waals surface area contributed by atoms with Crippen molar-refractivity contribution in [2.45, 2.75) is 25.6 Å². The van der Waals surface area contributed by atoms with Crippen LogP contribution < -0.4 is 10.2 Å². The lowest BCUT2D eigenvalue weighted by Gasteiger charge is -2.33. The number of halogens is 4. The number of carbonyl (C=O) groups is 3. The van der Waals surface area contributed by atoms with E-state index in [1.54, 1.807) is 11.4 Å². The Kier molecular flexibility index (Phi) is 5.23. The first-order valence-corrected chi connectivity index (χ1v) is 8.77. The number of Topliss-reactive ketones (excluding diaryl/α,β-unsaturated/α-hetero) is 1. The monoisotopic (exact) mass is 420 g/mol. The largest absolute Gasteiger partial charge is 0.425 e. The minimum absolute atomic E-state index is 0.0752. The van der Waals surface area contributed by atoms with E-state index in [0.29, 0.717) is 4.90 Å². The Morgan fingerprint density at radius 2 is 1.57 bits per heavy atom. The Balaban J connectivity index is 2.31. The summed E-state index contributed by atoms with van der Waals surface area (Å²) in [7, 11) is 0. The number of amides is 2. The van der Waals surface area contributed by atoms with Crippen LogP contribution in [0, 0.1) is 5.82 Å². The number of rotatable bonds is 4. The molecule has 1 aliphatic rings. The first-order valence-electron chi connectivity index (χ1n) is 8.77. The molecule has 0 aromatic heterocycles. The van der Waals surface area contributed by atoms with E-state index in [0.717, 1.165) is 31.2 Å². The Bertz CT molecular complexity index is 1050. The van der Waals surface area contributed by atoms with Gasteiger partial charge in [-0.05, 0) is 31.2 Å². The SMILES string of the molecule is CC(=O)NC1(C(F)(F)F)C(=O)N(c2ccc(F)cc2)C(C)=C1C(=O)c1ccccc1. The summed E-state index contributed by atoms with van der Waals surface area (Å²) in [6, 6.07) is 11.3. The van der Waals surface area contributed by atoms with Crippen LogP contribution in [0.1, 0.15) is 24.2 Å². The molecule has 1 N–H and O–H groups in total. The van der Waals surface area contributed by atoms with Crippen LogP contribution in [0.5, 0.6) is 0 Å². The molecule has 5 nitrogen and oxygen atoms in total. The van der Waals surface area contributed by atoms with Crippen LogP contribution in [-0.2, 0) is 9.59 Å². The summed E-state index contributed by atoms with van der Waals surface area (Å²) in [4.78, 5) is 38.7. The van der Waals surface area contributed by atoms with Crippen molar-refractivity contribution < 1.29 is 31.9 Å². The number of nitrogens with zero attached hydrogens (tertiary/aromatic N) is 1. The van der Waals surface area contributed by atoms with E-state index in [9.17, 15) is 31.9 Å². The molecule has 0 saturated heterocycles. The predicted octanol–water partition coefficient (Wildman–Crippen LogP) is 3.77. The molecule has 0 fully saturated rings. The van der Waals surface area contributed by atoms with Crippen molar-refractivity contribution in [3.05, 3.63) is 77.2 Å². The molecule has 3 rings (SSSR count). The van der Waals surface area contributed by atoms with Crippen LogP contribution in [0.3, 0.4) is 0 Å². The van der Waals surface area contributed by atoms with Crippen LogP contribution in [0.15, 0.2) is 65.9 Å². The van der Waals surface area contributed by atoms with E-state index in [1.807, 2.05) is 0 Å². The fraction of sp³-hybridized carbons (Fsp3) is 0.190. The molecule has 156 valence electrons. The molecule has 0 radical (unpaired) electrons. The summed E-state index contributed by atoms with van der Waals surface area (Å²) in [5, 5.41) is 1.68. The maximum Gasteiger partial charge on any atom is 0.425 e. The number of alkyl halides is 3. The van der Waals surface area contributed by atoms with Gasteiger partial charge in [0.25, 0.3) is 5.91 Å². The summed E-state index contributed by atoms with van der Waals surface area (Å²) < 4.78 is 56.4. The number of hydrogen-bond acceptors (Lipinski definition) is 3. The summed E-state index contributed by atoms with van der Waals surface area (Å²) in [6.45, 7) is 1.99. The van der Waals surface area contributed by atoms with Crippen LogP contribution in [0.25, 0.3) is 0 Å². The average Bonchev–Trinajstić information content (AvgIpc) is 2.89. The molecule has 2 aromatic carbocycles. The van der Waals surface area contributed by atoms with E-state index in [4.69, 9.17) is 0 Å². The van der Waals surface area contributed by atoms with E-state index in [2.05, 4.69) is 0 Å². The molecule has 2 amide bonds. The van der Waals surface area contributed by atoms with Crippen molar-refractivity contribution in [3.63, 3.8) is 0 Å². The third-order valence-electron chi connectivity index (χ3n) is 4.73. The highest BCUT2D eigenvalue weighted by molar-refractivity contribution is 6.23. The Morgan fingerprint density at radius 1 is 1.00 bits per heavy atom. The predicted molar refractivity (Wildman–Crippen MR) is 100.0 cm³/mol. The van der Waals surface area contributed by atoms with Crippen LogP contribution in [0.4, 0.5) is 23.2 Å². The molecule has 0 spiro atoms. The van der Waals surface area contributed by atoms with Crippen molar-refractivity contribution in [3.8, 4) is 0 Å². The maximum atomic E-state index is 14.4. The van der Waals surface area contributed by atoms with Gasteiger partial charge in [0.2, 0.25) is 11.4 Å². The van der Waals surface area contributed by atoms with Gasteiger partial charge in [-0.1, -0.05) is 30.3 Å². The minimum Gasteiger partial charge on any atom is -0.331 e. The van der Waals surface area contributed by atoms with Gasteiger partial charge in [-0.25, -0.2) is 4.39 Å². The number of nitrogens with one attached hydrogen (secondary N) is 1. The molecule has 1 heterocycles. The second-order valence-electron chi connectivity index (χ2n) is 6.70. The van der Waals surface area contributed by atoms with Crippen LogP contribution in [0.2, 0.25) is 0 Å². The van der Waals surface area contributed by atoms with Gasteiger partial charge in [0.1, 0.15) is 5.82 Å². The lowest BCUT2D eigenvalue weighted by atomic mass is 9.84. The fourth-order valence-corrected chi connectivity index (χ4v) is 3.49. The fourth-order valence-electron chi connectivity index (χ4n) is 3.49. The number of hydrogen-bond donors (Lipinski definition) is 1. The van der Waals surface area contributed by atoms with Gasteiger partial charge < -0.3 is 5.32 Å². The molecule has 0 bridgehead atoms. The van der Waals surface area contributed by atoms with Gasteiger partial charge in [0.15, 0.2) is 5.78 Å². The number of benzene rings is 2. The standard InChI is InChI=1S/C21H16F4N2O3/c1-12-17(18(29)14-6-4-3-5-7-14)20(21(23,24)25,26-13(2)28)19(30)27(12)16-10-8-15(22)9-11-16/h3-11H,1-2H3,(H,26,28). The highest BCUT2D eigenvalue weighted by Crippen LogP contribution is 2.47. The molecular weight excluding hydrogens is 404 g/mol. The Labute approximate surface area is 169 Å². The summed E-state index contributed by atoms with van der Waals surface area (Å²) in [5.74, 6) is -4.44. The van der Waals surface area contributed by atoms with Gasteiger partial charge in [-0.15, -0.1) is 0 Å². The smallest absolute Gasteiger partial charge is 0.331 e. The third-order valence-corrected chi connectivity index (χ3v) is 4.73. The number of ketones is 1. The quantitative estimate of drug-likeness (QED) is 0.605. The zero-order chi connectivity index (χ0) is 22.3. The zero-order valence-corrected chi connectivity index (χ0v) is 15.9. The van der Waals surface area contributed by atoms with Crippen molar-refractivity contribution in [2.24, 2.45) is 0 Å². The number of allylic oxidation sites excluding steroid dienone is 1. The van der Waals surface area contributed by atoms with Crippen molar-refractivity contribution in [2.75, 3.05) is 4.90 Å². The highest BCUT2D eigenvalue weighted by atomic mass is 19.4. The Morgan fingerprint density at radius 3 is 2.07 bits per heavy atom. The summed E-state index contributed by atoms with van der Waals surface area (Å²) >= 11 is 0. The van der Waals surface area contributed by atoms with Crippen molar-refractivity contribution >= 4 is 23.3 Å². The van der Waals surface area contributed by atoms with E-state index in [-0.39, 0.29) is 16.9 Å². The maximum absolute atomic E-state index is 14.4. The van der Waals surface area contributed by atoms with Gasteiger partial charge in [-0.3, -0.25) is 19.3 Å². The highest BCUT2D eigenvalue weighted by Gasteiger charge is 2.70. The van der Waals surface area contributed by atoms with Crippen molar-refractivity contribution in [1.29, 1.82) is 0 Å².